The zero-order chi connectivity index (χ0) is 24.8. The van der Waals surface area contributed by atoms with Crippen molar-refractivity contribution in [2.75, 3.05) is 5.32 Å². The van der Waals surface area contributed by atoms with Crippen molar-refractivity contribution in [1.29, 1.82) is 15.8 Å². The van der Waals surface area contributed by atoms with Gasteiger partial charge in [0.15, 0.2) is 0 Å². The van der Waals surface area contributed by atoms with Crippen LogP contribution in [0.2, 0.25) is 0 Å². The third kappa shape index (κ3) is 3.07. The van der Waals surface area contributed by atoms with Gasteiger partial charge in [0.2, 0.25) is 11.3 Å². The molecule has 0 fully saturated rings. The summed E-state index contributed by atoms with van der Waals surface area (Å²) in [6.45, 7) is 0. The number of rotatable bonds is 3. The average molecular weight is 524 g/mol. The summed E-state index contributed by atoms with van der Waals surface area (Å²) in [6.07, 6.45) is 5.08. The van der Waals surface area contributed by atoms with Crippen molar-refractivity contribution in [3.63, 3.8) is 0 Å². The molecule has 2 aromatic rings. The van der Waals surface area contributed by atoms with Crippen molar-refractivity contribution < 1.29 is 4.79 Å². The number of nitrogens with two attached hydrogens (primary N) is 1. The van der Waals surface area contributed by atoms with Gasteiger partial charge in [-0.15, -0.1) is 0 Å². The number of hydrogen-bond donors (Lipinski definition) is 2. The highest BCUT2D eigenvalue weighted by molar-refractivity contribution is 9.10. The number of fused-ring (bicyclic) bond motifs is 4. The molecule has 0 saturated carbocycles. The predicted molar refractivity (Wildman–Crippen MR) is 134 cm³/mol. The SMILES string of the molecule is N#CC1=C(N)C(C#N)(C#N)C2(C(=O)Nc3ccc(Br)cc32)C2CC(CCc3ccccc3)CC=C12. The number of nitriles is 3. The summed E-state index contributed by atoms with van der Waals surface area (Å²) in [5.41, 5.74) is 5.93. The molecule has 0 saturated heterocycles. The van der Waals surface area contributed by atoms with Gasteiger partial charge in [-0.3, -0.25) is 4.79 Å². The maximum atomic E-state index is 13.9. The first kappa shape index (κ1) is 22.9. The second-order valence-corrected chi connectivity index (χ2v) is 10.3. The lowest BCUT2D eigenvalue weighted by Crippen LogP contribution is -2.60. The monoisotopic (exact) mass is 523 g/mol. The molecule has 1 amide bonds. The van der Waals surface area contributed by atoms with Gasteiger partial charge in [0.05, 0.1) is 23.4 Å². The van der Waals surface area contributed by atoms with Crippen molar-refractivity contribution in [2.24, 2.45) is 23.0 Å². The molecule has 6 nitrogen and oxygen atoms in total. The Morgan fingerprint density at radius 3 is 2.54 bits per heavy atom. The summed E-state index contributed by atoms with van der Waals surface area (Å²) in [4.78, 5) is 13.9. The second-order valence-electron chi connectivity index (χ2n) is 9.40. The molecule has 2 aliphatic carbocycles. The molecule has 1 aliphatic heterocycles. The van der Waals surface area contributed by atoms with E-state index in [4.69, 9.17) is 5.73 Å². The summed E-state index contributed by atoms with van der Waals surface area (Å²) >= 11 is 3.49. The first-order valence-electron chi connectivity index (χ1n) is 11.5. The molecule has 3 atom stereocenters. The third-order valence-electron chi connectivity index (χ3n) is 7.84. The van der Waals surface area contributed by atoms with Gasteiger partial charge in [0, 0.05) is 16.1 Å². The lowest BCUT2D eigenvalue weighted by atomic mass is 9.46. The molecule has 1 heterocycles. The number of benzene rings is 2. The maximum absolute atomic E-state index is 13.9. The number of hydrogen-bond acceptors (Lipinski definition) is 5. The number of aryl methyl sites for hydroxylation is 1. The fraction of sp³-hybridized carbons (Fsp3) is 0.286. The van der Waals surface area contributed by atoms with Gasteiger partial charge in [-0.05, 0) is 66.5 Å². The van der Waals surface area contributed by atoms with Gasteiger partial charge >= 0.3 is 0 Å². The number of nitrogens with zero attached hydrogens (tertiary/aromatic N) is 3. The standard InChI is InChI=1S/C28H22BrN5O/c29-19-9-11-24-23(13-19)28(26(35)34-24)22-12-18(7-6-17-4-2-1-3-5-17)8-10-20(22)21(14-30)25(33)27(28,15-31)16-32/h1-5,9-11,13,18,22H,6-8,12,33H2,(H,34,35). The van der Waals surface area contributed by atoms with Crippen molar-refractivity contribution in [2.45, 2.75) is 31.1 Å². The number of allylic oxidation sites excluding steroid dienone is 4. The number of carbonyl (C=O) groups excluding carboxylic acids is 1. The number of amides is 1. The third-order valence-corrected chi connectivity index (χ3v) is 8.33. The summed E-state index contributed by atoms with van der Waals surface area (Å²) in [5, 5.41) is 33.9. The van der Waals surface area contributed by atoms with Gasteiger partial charge in [0.1, 0.15) is 11.5 Å². The number of anilines is 1. The van der Waals surface area contributed by atoms with Crippen molar-refractivity contribution in [1.82, 2.24) is 0 Å². The van der Waals surface area contributed by atoms with E-state index in [9.17, 15) is 20.6 Å². The van der Waals surface area contributed by atoms with Crippen LogP contribution >= 0.6 is 15.9 Å². The highest BCUT2D eigenvalue weighted by Crippen LogP contribution is 2.64. The fourth-order valence-electron chi connectivity index (χ4n) is 6.21. The van der Waals surface area contributed by atoms with Crippen LogP contribution in [0, 0.1) is 51.2 Å². The van der Waals surface area contributed by atoms with E-state index >= 15 is 0 Å². The van der Waals surface area contributed by atoms with Crippen LogP contribution in [0.4, 0.5) is 5.69 Å². The summed E-state index contributed by atoms with van der Waals surface area (Å²) in [7, 11) is 0. The smallest absolute Gasteiger partial charge is 0.238 e. The van der Waals surface area contributed by atoms with E-state index in [1.54, 1.807) is 12.1 Å². The Kier molecular flexibility index (Phi) is 5.51. The number of halogens is 1. The molecule has 0 aromatic heterocycles. The zero-order valence-corrected chi connectivity index (χ0v) is 20.5. The average Bonchev–Trinajstić information content (AvgIpc) is 3.17. The molecule has 35 heavy (non-hydrogen) atoms. The highest BCUT2D eigenvalue weighted by Gasteiger charge is 2.71. The Bertz CT molecular complexity index is 1410. The van der Waals surface area contributed by atoms with Crippen LogP contribution in [0.25, 0.3) is 0 Å². The molecular weight excluding hydrogens is 502 g/mol. The highest BCUT2D eigenvalue weighted by atomic mass is 79.9. The number of nitrogens with one attached hydrogen (secondary N) is 1. The molecule has 5 rings (SSSR count). The van der Waals surface area contributed by atoms with Gasteiger partial charge in [-0.1, -0.05) is 52.3 Å². The molecule has 3 aliphatic rings. The zero-order valence-electron chi connectivity index (χ0n) is 18.9. The van der Waals surface area contributed by atoms with Crippen LogP contribution in [0.1, 0.15) is 30.4 Å². The summed E-state index contributed by atoms with van der Waals surface area (Å²) in [5.74, 6) is -0.735. The lowest BCUT2D eigenvalue weighted by molar-refractivity contribution is -0.125. The van der Waals surface area contributed by atoms with E-state index in [1.807, 2.05) is 30.3 Å². The van der Waals surface area contributed by atoms with Crippen molar-refractivity contribution in [3.05, 3.63) is 87.0 Å². The molecule has 3 N–H and O–H groups in total. The van der Waals surface area contributed by atoms with Crippen LogP contribution in [-0.4, -0.2) is 5.91 Å². The molecule has 7 heteroatoms. The molecule has 172 valence electrons. The van der Waals surface area contributed by atoms with Crippen LogP contribution in [0.3, 0.4) is 0 Å². The van der Waals surface area contributed by atoms with Crippen LogP contribution in [-0.2, 0) is 16.6 Å². The summed E-state index contributed by atoms with van der Waals surface area (Å²) < 4.78 is 0.729. The molecular formula is C28H22BrN5O. The number of carbonyl (C=O) groups is 1. The minimum absolute atomic E-state index is 0.141. The van der Waals surface area contributed by atoms with E-state index in [0.717, 1.165) is 23.7 Å². The fourth-order valence-corrected chi connectivity index (χ4v) is 6.57. The Labute approximate surface area is 212 Å². The van der Waals surface area contributed by atoms with E-state index in [2.05, 4.69) is 51.6 Å². The summed E-state index contributed by atoms with van der Waals surface area (Å²) in [6, 6.07) is 22.0. The van der Waals surface area contributed by atoms with Crippen molar-refractivity contribution in [3.8, 4) is 18.2 Å². The topological polar surface area (TPSA) is 126 Å². The van der Waals surface area contributed by atoms with Crippen LogP contribution in [0.5, 0.6) is 0 Å². The molecule has 2 aromatic carbocycles. The minimum atomic E-state index is -2.02. The quantitative estimate of drug-likeness (QED) is 0.584. The van der Waals surface area contributed by atoms with E-state index < -0.39 is 22.7 Å². The van der Waals surface area contributed by atoms with Crippen LogP contribution in [0.15, 0.2) is 75.9 Å². The molecule has 3 unspecified atom stereocenters. The van der Waals surface area contributed by atoms with Gasteiger partial charge < -0.3 is 11.1 Å². The van der Waals surface area contributed by atoms with Crippen LogP contribution < -0.4 is 11.1 Å². The van der Waals surface area contributed by atoms with Crippen molar-refractivity contribution >= 4 is 27.5 Å². The van der Waals surface area contributed by atoms with E-state index in [0.29, 0.717) is 23.2 Å². The van der Waals surface area contributed by atoms with E-state index in [-0.39, 0.29) is 17.2 Å². The molecule has 0 bridgehead atoms. The Hall–Kier alpha value is -3.86. The van der Waals surface area contributed by atoms with E-state index in [1.165, 1.54) is 5.56 Å². The largest absolute Gasteiger partial charge is 0.399 e. The maximum Gasteiger partial charge on any atom is 0.238 e. The minimum Gasteiger partial charge on any atom is -0.399 e. The van der Waals surface area contributed by atoms with Gasteiger partial charge in [0.25, 0.3) is 0 Å². The van der Waals surface area contributed by atoms with Gasteiger partial charge in [-0.2, -0.15) is 15.8 Å². The normalized spacial score (nSPS) is 26.0. The lowest BCUT2D eigenvalue weighted by Gasteiger charge is -2.50. The first-order valence-corrected chi connectivity index (χ1v) is 12.3. The van der Waals surface area contributed by atoms with Gasteiger partial charge in [-0.25, -0.2) is 0 Å². The first-order chi connectivity index (χ1) is 16.9. The second kappa shape index (κ2) is 8.42. The Balaban J connectivity index is 1.70. The molecule has 0 radical (unpaired) electrons. The predicted octanol–water partition coefficient (Wildman–Crippen LogP) is 5.01. The molecule has 1 spiro atoms. The Morgan fingerprint density at radius 2 is 1.86 bits per heavy atom. The Morgan fingerprint density at radius 1 is 1.11 bits per heavy atom.